The van der Waals surface area contributed by atoms with Crippen LogP contribution in [0.2, 0.25) is 0 Å². The summed E-state index contributed by atoms with van der Waals surface area (Å²) < 4.78 is 55.9. The molecule has 1 atom stereocenters. The van der Waals surface area contributed by atoms with E-state index >= 15 is 0 Å². The van der Waals surface area contributed by atoms with Crippen molar-refractivity contribution in [3.05, 3.63) is 114 Å². The van der Waals surface area contributed by atoms with Crippen molar-refractivity contribution in [2.24, 2.45) is 0 Å². The molecule has 4 aromatic carbocycles. The Kier molecular flexibility index (Phi) is 10.1. The van der Waals surface area contributed by atoms with Crippen LogP contribution in [0, 0.1) is 0 Å². The number of nitrogens with zero attached hydrogens (tertiary/aromatic N) is 1. The molecule has 5 rings (SSSR count). The first-order valence-electron chi connectivity index (χ1n) is 15.4. The van der Waals surface area contributed by atoms with Gasteiger partial charge in [-0.15, -0.1) is 0 Å². The summed E-state index contributed by atoms with van der Waals surface area (Å²) in [5, 5.41) is 2.74. The smallest absolute Gasteiger partial charge is 0.416 e. The van der Waals surface area contributed by atoms with Gasteiger partial charge in [-0.05, 0) is 98.0 Å². The van der Waals surface area contributed by atoms with Gasteiger partial charge in [0.05, 0.1) is 12.0 Å². The molecule has 0 saturated heterocycles. The second-order valence-corrected chi connectivity index (χ2v) is 12.2. The van der Waals surface area contributed by atoms with Crippen molar-refractivity contribution in [3.63, 3.8) is 0 Å². The number of benzene rings is 4. The van der Waals surface area contributed by atoms with E-state index in [9.17, 15) is 27.6 Å². The number of alkyl halides is 3. The highest BCUT2D eigenvalue weighted by Crippen LogP contribution is 2.36. The summed E-state index contributed by atoms with van der Waals surface area (Å²) in [6.07, 6.45) is -4.88. The van der Waals surface area contributed by atoms with Crippen molar-refractivity contribution in [3.8, 4) is 28.4 Å². The minimum absolute atomic E-state index is 0.0600. The number of halogens is 3. The fraction of sp³-hybridized carbons (Fsp3) is 0.270. The number of amides is 2. The van der Waals surface area contributed by atoms with Crippen LogP contribution in [0.4, 0.5) is 18.0 Å². The summed E-state index contributed by atoms with van der Waals surface area (Å²) in [5.41, 5.74) is 1.62. The summed E-state index contributed by atoms with van der Waals surface area (Å²) in [6, 6.07) is 24.9. The minimum atomic E-state index is -4.49. The molecule has 1 aliphatic heterocycles. The Morgan fingerprint density at radius 2 is 1.44 bits per heavy atom. The molecule has 1 heterocycles. The number of nitrogens with one attached hydrogen (secondary N) is 1. The fourth-order valence-electron chi connectivity index (χ4n) is 5.22. The summed E-state index contributed by atoms with van der Waals surface area (Å²) >= 11 is 0. The Morgan fingerprint density at radius 3 is 2.08 bits per heavy atom. The lowest BCUT2D eigenvalue weighted by Gasteiger charge is -2.37. The van der Waals surface area contributed by atoms with E-state index in [1.165, 1.54) is 17.0 Å². The topological polar surface area (TPSA) is 94.2 Å². The number of esters is 1. The molecule has 1 N–H and O–H groups in total. The van der Waals surface area contributed by atoms with Crippen LogP contribution < -0.4 is 14.8 Å². The van der Waals surface area contributed by atoms with E-state index in [4.69, 9.17) is 14.2 Å². The SMILES string of the molecule is CC(C)(C)OC(=O)N1CCc2ccc(Oc3ccc(C(F)(F)F)cc3)cc2[C@@H]1C(=O)NCCC(=O)Oc1ccc(-c2ccccc2)cc1. The second kappa shape index (κ2) is 14.2. The van der Waals surface area contributed by atoms with Gasteiger partial charge in [0, 0.05) is 13.1 Å². The normalized spacial score (nSPS) is 14.5. The molecule has 0 spiro atoms. The molecule has 48 heavy (non-hydrogen) atoms. The van der Waals surface area contributed by atoms with Crippen molar-refractivity contribution in [1.29, 1.82) is 0 Å². The van der Waals surface area contributed by atoms with Crippen LogP contribution >= 0.6 is 0 Å². The van der Waals surface area contributed by atoms with Gasteiger partial charge in [-0.2, -0.15) is 13.2 Å². The maximum Gasteiger partial charge on any atom is 0.416 e. The van der Waals surface area contributed by atoms with Crippen molar-refractivity contribution in [1.82, 2.24) is 10.2 Å². The van der Waals surface area contributed by atoms with Crippen LogP contribution in [0.5, 0.6) is 17.2 Å². The lowest BCUT2D eigenvalue weighted by atomic mass is 9.92. The molecule has 0 unspecified atom stereocenters. The van der Waals surface area contributed by atoms with E-state index in [0.717, 1.165) is 28.8 Å². The molecule has 0 saturated carbocycles. The third-order valence-corrected chi connectivity index (χ3v) is 7.46. The summed E-state index contributed by atoms with van der Waals surface area (Å²) in [5.74, 6) is -0.309. The van der Waals surface area contributed by atoms with Crippen molar-refractivity contribution in [2.45, 2.75) is 51.4 Å². The van der Waals surface area contributed by atoms with E-state index in [2.05, 4.69) is 5.32 Å². The molecular formula is C37H35F3N2O6. The summed E-state index contributed by atoms with van der Waals surface area (Å²) in [7, 11) is 0. The zero-order chi connectivity index (χ0) is 34.5. The first-order chi connectivity index (χ1) is 22.8. The Hall–Kier alpha value is -5.32. The Bertz CT molecular complexity index is 1750. The zero-order valence-electron chi connectivity index (χ0n) is 26.7. The van der Waals surface area contributed by atoms with Crippen LogP contribution in [-0.4, -0.2) is 41.6 Å². The van der Waals surface area contributed by atoms with Crippen molar-refractivity contribution in [2.75, 3.05) is 13.1 Å². The molecule has 8 nitrogen and oxygen atoms in total. The van der Waals surface area contributed by atoms with Gasteiger partial charge < -0.3 is 19.5 Å². The monoisotopic (exact) mass is 660 g/mol. The number of ether oxygens (including phenoxy) is 3. The first kappa shape index (κ1) is 34.0. The van der Waals surface area contributed by atoms with Crippen molar-refractivity contribution >= 4 is 18.0 Å². The van der Waals surface area contributed by atoms with E-state index in [1.807, 2.05) is 42.5 Å². The Labute approximate surface area is 276 Å². The van der Waals surface area contributed by atoms with E-state index in [0.29, 0.717) is 17.7 Å². The van der Waals surface area contributed by atoms with Crippen LogP contribution in [0.15, 0.2) is 97.1 Å². The third kappa shape index (κ3) is 8.72. The van der Waals surface area contributed by atoms with Gasteiger partial charge in [-0.1, -0.05) is 48.5 Å². The van der Waals surface area contributed by atoms with Gasteiger partial charge in [0.15, 0.2) is 0 Å². The zero-order valence-corrected chi connectivity index (χ0v) is 26.7. The molecular weight excluding hydrogens is 625 g/mol. The van der Waals surface area contributed by atoms with Gasteiger partial charge >= 0.3 is 18.2 Å². The lowest BCUT2D eigenvalue weighted by Crippen LogP contribution is -2.49. The average molecular weight is 661 g/mol. The van der Waals surface area contributed by atoms with Gasteiger partial charge in [-0.3, -0.25) is 14.5 Å². The summed E-state index contributed by atoms with van der Waals surface area (Å²) in [4.78, 5) is 40.9. The van der Waals surface area contributed by atoms with Gasteiger partial charge in [0.2, 0.25) is 5.91 Å². The summed E-state index contributed by atoms with van der Waals surface area (Å²) in [6.45, 7) is 5.29. The van der Waals surface area contributed by atoms with E-state index in [-0.39, 0.29) is 31.0 Å². The lowest BCUT2D eigenvalue weighted by molar-refractivity contribution is -0.137. The molecule has 1 aliphatic rings. The number of carbonyl (C=O) groups is 3. The second-order valence-electron chi connectivity index (χ2n) is 12.2. The van der Waals surface area contributed by atoms with Crippen molar-refractivity contribution < 1.29 is 41.8 Å². The average Bonchev–Trinajstić information content (AvgIpc) is 3.04. The first-order valence-corrected chi connectivity index (χ1v) is 15.4. The molecule has 0 fully saturated rings. The highest BCUT2D eigenvalue weighted by molar-refractivity contribution is 5.88. The maximum atomic E-state index is 13.7. The van der Waals surface area contributed by atoms with Crippen LogP contribution in [0.1, 0.15) is 49.9 Å². The molecule has 0 aliphatic carbocycles. The molecule has 0 bridgehead atoms. The number of hydrogen-bond donors (Lipinski definition) is 1. The fourth-order valence-corrected chi connectivity index (χ4v) is 5.22. The van der Waals surface area contributed by atoms with Crippen LogP contribution in [0.3, 0.4) is 0 Å². The highest BCUT2D eigenvalue weighted by atomic mass is 19.4. The number of carbonyl (C=O) groups excluding carboxylic acids is 3. The molecule has 4 aromatic rings. The molecule has 0 aromatic heterocycles. The van der Waals surface area contributed by atoms with E-state index < -0.39 is 41.4 Å². The molecule has 0 radical (unpaired) electrons. The molecule has 2 amide bonds. The minimum Gasteiger partial charge on any atom is -0.457 e. The van der Waals surface area contributed by atoms with Gasteiger partial charge in [0.1, 0.15) is 28.9 Å². The Morgan fingerprint density at radius 1 is 0.812 bits per heavy atom. The quantitative estimate of drug-likeness (QED) is 0.152. The van der Waals surface area contributed by atoms with E-state index in [1.54, 1.807) is 51.1 Å². The molecule has 11 heteroatoms. The molecule has 250 valence electrons. The number of hydrogen-bond acceptors (Lipinski definition) is 6. The standard InChI is InChI=1S/C37H35F3N2O6/c1-36(2,3)48-35(45)42-22-20-26-11-16-30(46-28-17-12-27(13-18-28)37(38,39)40)23-31(26)33(42)34(44)41-21-19-32(43)47-29-14-9-25(10-15-29)24-7-5-4-6-8-24/h4-18,23,33H,19-22H2,1-3H3,(H,41,44)/t33-/m1/s1. The van der Waals surface area contributed by atoms with Gasteiger partial charge in [0.25, 0.3) is 0 Å². The Balaban J connectivity index is 1.28. The van der Waals surface area contributed by atoms with Crippen LogP contribution in [0.25, 0.3) is 11.1 Å². The third-order valence-electron chi connectivity index (χ3n) is 7.46. The van der Waals surface area contributed by atoms with Gasteiger partial charge in [-0.25, -0.2) is 4.79 Å². The maximum absolute atomic E-state index is 13.7. The van der Waals surface area contributed by atoms with Crippen LogP contribution in [-0.2, 0) is 26.9 Å². The predicted molar refractivity (Wildman–Crippen MR) is 172 cm³/mol. The number of rotatable bonds is 8. The number of fused-ring (bicyclic) bond motifs is 1. The largest absolute Gasteiger partial charge is 0.457 e. The predicted octanol–water partition coefficient (Wildman–Crippen LogP) is 8.11. The highest BCUT2D eigenvalue weighted by Gasteiger charge is 2.38.